The molecule has 3 aromatic rings. The van der Waals surface area contributed by atoms with E-state index in [1.807, 2.05) is 24.9 Å². The van der Waals surface area contributed by atoms with E-state index in [1.165, 1.54) is 22.9 Å². The van der Waals surface area contributed by atoms with Crippen LogP contribution in [0.4, 0.5) is 14.9 Å². The molecule has 1 aliphatic rings. The van der Waals surface area contributed by atoms with Gasteiger partial charge in [0, 0.05) is 44.8 Å². The highest BCUT2D eigenvalue weighted by molar-refractivity contribution is 5.89. The average molecular weight is 399 g/mol. The Hall–Kier alpha value is -3.34. The molecule has 0 saturated carbocycles. The molecule has 0 unspecified atom stereocenters. The number of piperazine rings is 1. The highest BCUT2D eigenvalue weighted by Crippen LogP contribution is 2.24. The van der Waals surface area contributed by atoms with Crippen molar-refractivity contribution < 1.29 is 9.18 Å². The van der Waals surface area contributed by atoms with Crippen LogP contribution in [0.1, 0.15) is 17.7 Å². The molecule has 0 aliphatic carbocycles. The molecule has 2 amide bonds. The third kappa shape index (κ3) is 3.68. The summed E-state index contributed by atoms with van der Waals surface area (Å²) in [6.45, 7) is 3.49. The van der Waals surface area contributed by atoms with Crippen molar-refractivity contribution in [2.45, 2.75) is 13.0 Å². The van der Waals surface area contributed by atoms with Crippen molar-refractivity contribution >= 4 is 11.7 Å². The lowest BCUT2D eigenvalue weighted by Gasteiger charge is -2.38. The van der Waals surface area contributed by atoms with Crippen LogP contribution in [0.2, 0.25) is 0 Å². The summed E-state index contributed by atoms with van der Waals surface area (Å²) in [6, 6.07) is 4.07. The van der Waals surface area contributed by atoms with Gasteiger partial charge in [0.25, 0.3) is 0 Å². The summed E-state index contributed by atoms with van der Waals surface area (Å²) in [7, 11) is 3.96. The van der Waals surface area contributed by atoms with Crippen LogP contribution in [0, 0.1) is 12.7 Å². The van der Waals surface area contributed by atoms with Crippen LogP contribution < -0.4 is 5.32 Å². The van der Waals surface area contributed by atoms with Gasteiger partial charge in [0.1, 0.15) is 17.3 Å². The number of amides is 2. The first kappa shape index (κ1) is 19.0. The van der Waals surface area contributed by atoms with Gasteiger partial charge < -0.3 is 14.8 Å². The molecule has 10 nitrogen and oxygen atoms in total. The van der Waals surface area contributed by atoms with Crippen molar-refractivity contribution in [3.63, 3.8) is 0 Å². The Kier molecular flexibility index (Phi) is 4.97. The number of anilines is 1. The van der Waals surface area contributed by atoms with Gasteiger partial charge in [0.05, 0.1) is 6.04 Å². The summed E-state index contributed by atoms with van der Waals surface area (Å²) in [4.78, 5) is 21.2. The van der Waals surface area contributed by atoms with Crippen LogP contribution in [-0.2, 0) is 7.05 Å². The standard InChI is InChI=1S/C18H22FN9O/c1-12-22-23-24-28(12)15-10-13(4-5-14(15)19)21-18(29)27-9-8-25(2)16(11-27)17-20-6-7-26(17)3/h4-7,10,16H,8-9,11H2,1-3H3,(H,21,29)/t16-/m1/s1. The number of aromatic nitrogens is 6. The molecule has 1 N–H and O–H groups in total. The number of halogens is 1. The summed E-state index contributed by atoms with van der Waals surface area (Å²) in [6.07, 6.45) is 3.65. The number of nitrogens with zero attached hydrogens (tertiary/aromatic N) is 8. The summed E-state index contributed by atoms with van der Waals surface area (Å²) in [5, 5.41) is 13.9. The van der Waals surface area contributed by atoms with Crippen LogP contribution in [0.15, 0.2) is 30.6 Å². The van der Waals surface area contributed by atoms with Crippen molar-refractivity contribution in [3.05, 3.63) is 48.1 Å². The average Bonchev–Trinajstić information content (AvgIpc) is 3.32. The lowest BCUT2D eigenvalue weighted by Crippen LogP contribution is -2.50. The number of benzene rings is 1. The fraction of sp³-hybridized carbons (Fsp3) is 0.389. The Labute approximate surface area is 166 Å². The smallest absolute Gasteiger partial charge is 0.321 e. The highest BCUT2D eigenvalue weighted by atomic mass is 19.1. The predicted octanol–water partition coefficient (Wildman–Crippen LogP) is 1.36. The normalized spacial score (nSPS) is 17.5. The van der Waals surface area contributed by atoms with E-state index in [4.69, 9.17) is 0 Å². The summed E-state index contributed by atoms with van der Waals surface area (Å²) in [5.74, 6) is 0.875. The Morgan fingerprint density at radius 3 is 2.79 bits per heavy atom. The molecule has 3 heterocycles. The molecule has 2 aromatic heterocycles. The second kappa shape index (κ2) is 7.59. The van der Waals surface area contributed by atoms with Crippen molar-refractivity contribution in [1.29, 1.82) is 0 Å². The Morgan fingerprint density at radius 1 is 1.28 bits per heavy atom. The zero-order valence-electron chi connectivity index (χ0n) is 16.4. The second-order valence-electron chi connectivity index (χ2n) is 7.07. The van der Waals surface area contributed by atoms with Gasteiger partial charge in [-0.05, 0) is 42.6 Å². The van der Waals surface area contributed by atoms with E-state index in [0.29, 0.717) is 24.6 Å². The van der Waals surface area contributed by atoms with Gasteiger partial charge in [0.15, 0.2) is 5.82 Å². The van der Waals surface area contributed by atoms with Crippen molar-refractivity contribution in [2.75, 3.05) is 32.0 Å². The zero-order chi connectivity index (χ0) is 20.5. The lowest BCUT2D eigenvalue weighted by atomic mass is 10.1. The lowest BCUT2D eigenvalue weighted by molar-refractivity contribution is 0.110. The Bertz CT molecular complexity index is 1030. The van der Waals surface area contributed by atoms with Gasteiger partial charge in [-0.2, -0.15) is 4.68 Å². The molecule has 0 bridgehead atoms. The van der Waals surface area contributed by atoms with E-state index in [1.54, 1.807) is 18.0 Å². The number of hydrogen-bond acceptors (Lipinski definition) is 6. The van der Waals surface area contributed by atoms with E-state index in [9.17, 15) is 9.18 Å². The maximum atomic E-state index is 14.2. The van der Waals surface area contributed by atoms with Gasteiger partial charge in [-0.3, -0.25) is 4.90 Å². The minimum atomic E-state index is -0.479. The first-order valence-electron chi connectivity index (χ1n) is 9.22. The topological polar surface area (TPSA) is 97.0 Å². The van der Waals surface area contributed by atoms with Crippen LogP contribution in [-0.4, -0.2) is 72.3 Å². The molecule has 1 fully saturated rings. The van der Waals surface area contributed by atoms with Crippen LogP contribution >= 0.6 is 0 Å². The third-order valence-corrected chi connectivity index (χ3v) is 5.14. The minimum absolute atomic E-state index is 0.00199. The summed E-state index contributed by atoms with van der Waals surface area (Å²) in [5.41, 5.74) is 0.642. The van der Waals surface area contributed by atoms with Crippen LogP contribution in [0.25, 0.3) is 5.69 Å². The first-order chi connectivity index (χ1) is 13.9. The molecule has 1 aliphatic heterocycles. The highest BCUT2D eigenvalue weighted by Gasteiger charge is 2.30. The van der Waals surface area contributed by atoms with Gasteiger partial charge >= 0.3 is 6.03 Å². The predicted molar refractivity (Wildman–Crippen MR) is 103 cm³/mol. The zero-order valence-corrected chi connectivity index (χ0v) is 16.4. The first-order valence-corrected chi connectivity index (χ1v) is 9.22. The molecule has 0 radical (unpaired) electrons. The Morgan fingerprint density at radius 2 is 2.10 bits per heavy atom. The van der Waals surface area contributed by atoms with E-state index in [0.717, 1.165) is 12.4 Å². The maximum absolute atomic E-state index is 14.2. The molecule has 11 heteroatoms. The quantitative estimate of drug-likeness (QED) is 0.714. The van der Waals surface area contributed by atoms with E-state index >= 15 is 0 Å². The largest absolute Gasteiger partial charge is 0.337 e. The number of imidazole rings is 1. The Balaban J connectivity index is 1.51. The fourth-order valence-electron chi connectivity index (χ4n) is 3.44. The number of carbonyl (C=O) groups is 1. The SMILES string of the molecule is Cc1nnnn1-c1cc(NC(=O)N2CCN(C)[C@@H](c3nccn3C)C2)ccc1F. The van der Waals surface area contributed by atoms with Gasteiger partial charge in [-0.25, -0.2) is 14.2 Å². The molecular formula is C18H22FN9O. The van der Waals surface area contributed by atoms with Gasteiger partial charge in [0.2, 0.25) is 0 Å². The number of urea groups is 1. The maximum Gasteiger partial charge on any atom is 0.321 e. The molecule has 1 atom stereocenters. The van der Waals surface area contributed by atoms with Crippen LogP contribution in [0.3, 0.4) is 0 Å². The number of carbonyl (C=O) groups excluding carboxylic acids is 1. The summed E-state index contributed by atoms with van der Waals surface area (Å²) >= 11 is 0. The number of likely N-dealkylation sites (N-methyl/N-ethyl adjacent to an activating group) is 1. The van der Waals surface area contributed by atoms with Crippen molar-refractivity contribution in [1.82, 2.24) is 39.6 Å². The molecule has 29 heavy (non-hydrogen) atoms. The molecule has 4 rings (SSSR count). The number of aryl methyl sites for hydroxylation is 2. The summed E-state index contributed by atoms with van der Waals surface area (Å²) < 4.78 is 17.5. The number of nitrogens with one attached hydrogen (secondary N) is 1. The molecule has 0 spiro atoms. The van der Waals surface area contributed by atoms with Gasteiger partial charge in [-0.1, -0.05) is 0 Å². The van der Waals surface area contributed by atoms with Crippen molar-refractivity contribution in [2.24, 2.45) is 7.05 Å². The van der Waals surface area contributed by atoms with E-state index < -0.39 is 5.82 Å². The van der Waals surface area contributed by atoms with E-state index in [-0.39, 0.29) is 17.8 Å². The number of rotatable bonds is 3. The monoisotopic (exact) mass is 399 g/mol. The van der Waals surface area contributed by atoms with Crippen LogP contribution in [0.5, 0.6) is 0 Å². The molecule has 1 aromatic carbocycles. The minimum Gasteiger partial charge on any atom is -0.337 e. The third-order valence-electron chi connectivity index (χ3n) is 5.14. The second-order valence-corrected chi connectivity index (χ2v) is 7.07. The number of hydrogen-bond donors (Lipinski definition) is 1. The molecular weight excluding hydrogens is 377 g/mol. The molecule has 1 saturated heterocycles. The fourth-order valence-corrected chi connectivity index (χ4v) is 3.44. The van der Waals surface area contributed by atoms with Crippen molar-refractivity contribution in [3.8, 4) is 5.69 Å². The van der Waals surface area contributed by atoms with E-state index in [2.05, 4.69) is 30.7 Å². The number of tetrazole rings is 1. The molecule has 152 valence electrons. The van der Waals surface area contributed by atoms with Gasteiger partial charge in [-0.15, -0.1) is 5.10 Å².